The van der Waals surface area contributed by atoms with Crippen molar-refractivity contribution in [3.8, 4) is 0 Å². The molecule has 0 fully saturated rings. The fourth-order valence-electron chi connectivity index (χ4n) is 2.88. The molecular weight excluding hydrogens is 176 g/mol. The molecule has 66 valence electrons. The van der Waals surface area contributed by atoms with Gasteiger partial charge in [0.25, 0.3) is 0 Å². The van der Waals surface area contributed by atoms with Gasteiger partial charge in [0.2, 0.25) is 0 Å². The molecule has 0 amide bonds. The van der Waals surface area contributed by atoms with Crippen LogP contribution in [-0.4, -0.2) is 5.25 Å². The minimum absolute atomic E-state index is 0.832. The summed E-state index contributed by atoms with van der Waals surface area (Å²) in [5.41, 5.74) is 5.08. The number of hydrogen-bond donors (Lipinski definition) is 0. The highest BCUT2D eigenvalue weighted by Gasteiger charge is 2.46. The van der Waals surface area contributed by atoms with Crippen LogP contribution in [0.25, 0.3) is 0 Å². The molecule has 1 heterocycles. The molecule has 0 N–H and O–H groups in total. The summed E-state index contributed by atoms with van der Waals surface area (Å²) in [6.07, 6.45) is 10.5. The van der Waals surface area contributed by atoms with Crippen molar-refractivity contribution in [2.45, 2.75) is 30.9 Å². The highest BCUT2D eigenvalue weighted by atomic mass is 32.2. The predicted octanol–water partition coefficient (Wildman–Crippen LogP) is 3.43. The lowest BCUT2D eigenvalue weighted by Gasteiger charge is -2.12. The molecule has 0 aromatic rings. The molecule has 0 radical (unpaired) electrons. The van der Waals surface area contributed by atoms with Gasteiger partial charge < -0.3 is 0 Å². The van der Waals surface area contributed by atoms with Crippen LogP contribution in [0.2, 0.25) is 0 Å². The smallest absolute Gasteiger partial charge is 0.0447 e. The number of hydrogen-bond acceptors (Lipinski definition) is 1. The molecule has 13 heavy (non-hydrogen) atoms. The predicted molar refractivity (Wildman–Crippen MR) is 56.5 cm³/mol. The van der Waals surface area contributed by atoms with Crippen molar-refractivity contribution < 1.29 is 0 Å². The molecule has 1 unspecified atom stereocenters. The normalized spacial score (nSPS) is 39.4. The van der Waals surface area contributed by atoms with Crippen LogP contribution in [0.5, 0.6) is 0 Å². The molecule has 0 bridgehead atoms. The molecule has 0 aromatic carbocycles. The largest absolute Gasteiger partial charge is 0.121 e. The van der Waals surface area contributed by atoms with Crippen LogP contribution in [0, 0.1) is 5.92 Å². The van der Waals surface area contributed by atoms with Crippen molar-refractivity contribution in [1.29, 1.82) is 0 Å². The lowest BCUT2D eigenvalue weighted by Crippen LogP contribution is -2.02. The first-order chi connectivity index (χ1) is 6.43. The standard InChI is InChI=1S/C12H12S/c1-2-4-11-8(3-1)10-6-7-5-9(7)12(10)13-11/h5-6,9,12H,1-4H2/t9-,12?/m1/s1. The van der Waals surface area contributed by atoms with Gasteiger partial charge in [-0.05, 0) is 47.3 Å². The summed E-state index contributed by atoms with van der Waals surface area (Å²) < 4.78 is 0. The van der Waals surface area contributed by atoms with Gasteiger partial charge in [0, 0.05) is 11.2 Å². The summed E-state index contributed by atoms with van der Waals surface area (Å²) in [5, 5.41) is 0.832. The van der Waals surface area contributed by atoms with Crippen molar-refractivity contribution in [3.63, 3.8) is 0 Å². The Labute approximate surface area is 82.8 Å². The third kappa shape index (κ3) is 0.792. The lowest BCUT2D eigenvalue weighted by atomic mass is 9.92. The van der Waals surface area contributed by atoms with Crippen molar-refractivity contribution in [1.82, 2.24) is 0 Å². The van der Waals surface area contributed by atoms with Crippen molar-refractivity contribution in [3.05, 3.63) is 33.8 Å². The maximum absolute atomic E-state index is 2.47. The SMILES string of the molecule is C1=C2C3=C(CCCC3)SC2[C@@H]2C=C12. The van der Waals surface area contributed by atoms with E-state index in [1.54, 1.807) is 21.6 Å². The first kappa shape index (κ1) is 6.94. The fraction of sp³-hybridized carbons (Fsp3) is 0.500. The van der Waals surface area contributed by atoms with Crippen LogP contribution >= 0.6 is 11.8 Å². The van der Waals surface area contributed by atoms with Gasteiger partial charge in [-0.2, -0.15) is 0 Å². The zero-order valence-corrected chi connectivity index (χ0v) is 8.36. The van der Waals surface area contributed by atoms with Crippen molar-refractivity contribution in [2.75, 3.05) is 0 Å². The Balaban J connectivity index is 1.82. The molecule has 1 aliphatic heterocycles. The molecule has 4 rings (SSSR count). The average Bonchev–Trinajstić information content (AvgIpc) is 2.68. The zero-order valence-electron chi connectivity index (χ0n) is 7.55. The van der Waals surface area contributed by atoms with Gasteiger partial charge in [-0.15, -0.1) is 11.8 Å². The van der Waals surface area contributed by atoms with Gasteiger partial charge in [-0.25, -0.2) is 0 Å². The maximum atomic E-state index is 2.47. The fourth-order valence-corrected chi connectivity index (χ4v) is 4.53. The van der Waals surface area contributed by atoms with Crippen LogP contribution in [0.3, 0.4) is 0 Å². The molecule has 0 saturated carbocycles. The topological polar surface area (TPSA) is 0 Å². The summed E-state index contributed by atoms with van der Waals surface area (Å²) >= 11 is 2.17. The van der Waals surface area contributed by atoms with Crippen LogP contribution < -0.4 is 0 Å². The van der Waals surface area contributed by atoms with E-state index >= 15 is 0 Å². The van der Waals surface area contributed by atoms with E-state index in [1.165, 1.54) is 25.7 Å². The third-order valence-electron chi connectivity index (χ3n) is 3.64. The second-order valence-electron chi connectivity index (χ2n) is 4.44. The molecular formula is C12H12S. The summed E-state index contributed by atoms with van der Waals surface area (Å²) in [7, 11) is 0. The summed E-state index contributed by atoms with van der Waals surface area (Å²) in [5.74, 6) is 0.852. The molecule has 0 nitrogen and oxygen atoms in total. The van der Waals surface area contributed by atoms with E-state index in [2.05, 4.69) is 23.9 Å². The number of allylic oxidation sites excluding steroid dienone is 5. The van der Waals surface area contributed by atoms with Crippen LogP contribution in [0.1, 0.15) is 25.7 Å². The average molecular weight is 188 g/mol. The molecule has 3 aliphatic carbocycles. The third-order valence-corrected chi connectivity index (χ3v) is 5.17. The summed E-state index contributed by atoms with van der Waals surface area (Å²) in [6, 6.07) is 0. The van der Waals surface area contributed by atoms with Crippen molar-refractivity contribution >= 4 is 11.8 Å². The highest BCUT2D eigenvalue weighted by molar-refractivity contribution is 8.04. The quantitative estimate of drug-likeness (QED) is 0.561. The second-order valence-corrected chi connectivity index (χ2v) is 5.68. The molecule has 0 saturated heterocycles. The summed E-state index contributed by atoms with van der Waals surface area (Å²) in [6.45, 7) is 0. The molecule has 0 spiro atoms. The van der Waals surface area contributed by atoms with Crippen molar-refractivity contribution in [2.24, 2.45) is 5.92 Å². The van der Waals surface area contributed by atoms with E-state index < -0.39 is 0 Å². The van der Waals surface area contributed by atoms with Crippen LogP contribution in [-0.2, 0) is 0 Å². The Morgan fingerprint density at radius 3 is 3.15 bits per heavy atom. The van der Waals surface area contributed by atoms with E-state index in [-0.39, 0.29) is 0 Å². The highest BCUT2D eigenvalue weighted by Crippen LogP contribution is 2.59. The van der Waals surface area contributed by atoms with E-state index in [0.717, 1.165) is 11.2 Å². The zero-order chi connectivity index (χ0) is 8.41. The van der Waals surface area contributed by atoms with E-state index in [1.807, 2.05) is 0 Å². The minimum atomic E-state index is 0.832. The Bertz CT molecular complexity index is 384. The Kier molecular flexibility index (Phi) is 1.14. The van der Waals surface area contributed by atoms with Gasteiger partial charge in [0.15, 0.2) is 0 Å². The molecule has 0 aromatic heterocycles. The molecule has 1 heteroatoms. The van der Waals surface area contributed by atoms with Crippen LogP contribution in [0.4, 0.5) is 0 Å². The summed E-state index contributed by atoms with van der Waals surface area (Å²) in [4.78, 5) is 1.74. The number of rotatable bonds is 0. The minimum Gasteiger partial charge on any atom is -0.121 e. The Morgan fingerprint density at radius 2 is 2.15 bits per heavy atom. The number of thioether (sulfide) groups is 1. The van der Waals surface area contributed by atoms with Gasteiger partial charge in [-0.3, -0.25) is 0 Å². The van der Waals surface area contributed by atoms with Crippen LogP contribution in [0.15, 0.2) is 33.8 Å². The van der Waals surface area contributed by atoms with E-state index in [9.17, 15) is 0 Å². The number of fused-ring (bicyclic) bond motifs is 4. The van der Waals surface area contributed by atoms with Gasteiger partial charge >= 0.3 is 0 Å². The van der Waals surface area contributed by atoms with Gasteiger partial charge in [0.05, 0.1) is 0 Å². The molecule has 4 aliphatic rings. The second kappa shape index (κ2) is 2.14. The lowest BCUT2D eigenvalue weighted by molar-refractivity contribution is 0.701. The first-order valence-electron chi connectivity index (χ1n) is 5.26. The monoisotopic (exact) mass is 188 g/mol. The maximum Gasteiger partial charge on any atom is 0.0447 e. The van der Waals surface area contributed by atoms with E-state index in [4.69, 9.17) is 0 Å². The first-order valence-corrected chi connectivity index (χ1v) is 6.14. The van der Waals surface area contributed by atoms with Gasteiger partial charge in [-0.1, -0.05) is 12.2 Å². The van der Waals surface area contributed by atoms with Gasteiger partial charge in [0.1, 0.15) is 0 Å². The Hall–Kier alpha value is -0.430. The molecule has 2 atom stereocenters. The Morgan fingerprint density at radius 1 is 1.23 bits per heavy atom. The van der Waals surface area contributed by atoms with E-state index in [0.29, 0.717) is 0 Å².